The van der Waals surface area contributed by atoms with Crippen LogP contribution in [0.1, 0.15) is 40.2 Å². The number of aromatic nitrogens is 2. The highest BCUT2D eigenvalue weighted by molar-refractivity contribution is 5.92. The Morgan fingerprint density at radius 1 is 0.460 bits per heavy atom. The third-order valence-corrected chi connectivity index (χ3v) is 12.8. The second kappa shape index (κ2) is 15.1. The van der Waals surface area contributed by atoms with E-state index in [0.717, 1.165) is 78.9 Å². The third kappa shape index (κ3) is 6.06. The molecule has 3 aliphatic rings. The molecule has 8 aromatic carbocycles. The number of benzene rings is 8. The van der Waals surface area contributed by atoms with Crippen molar-refractivity contribution < 1.29 is 9.47 Å². The van der Waals surface area contributed by atoms with Gasteiger partial charge in [-0.1, -0.05) is 206 Å². The van der Waals surface area contributed by atoms with Crippen molar-refractivity contribution in [3.05, 3.63) is 264 Å². The van der Waals surface area contributed by atoms with Crippen LogP contribution in [-0.2, 0) is 5.41 Å². The summed E-state index contributed by atoms with van der Waals surface area (Å²) >= 11 is 0. The van der Waals surface area contributed by atoms with E-state index in [9.17, 15) is 0 Å². The van der Waals surface area contributed by atoms with Crippen LogP contribution in [-0.4, -0.2) is 9.97 Å². The van der Waals surface area contributed by atoms with Gasteiger partial charge in [-0.05, 0) is 62.7 Å². The van der Waals surface area contributed by atoms with Crippen molar-refractivity contribution >= 4 is 0 Å². The molecule has 63 heavy (non-hydrogen) atoms. The lowest BCUT2D eigenvalue weighted by molar-refractivity contribution is 0.286. The summed E-state index contributed by atoms with van der Waals surface area (Å²) in [6.07, 6.45) is 4.95. The molecule has 1 aromatic heterocycles. The Labute approximate surface area is 367 Å². The summed E-state index contributed by atoms with van der Waals surface area (Å²) in [5, 5.41) is 0. The summed E-state index contributed by atoms with van der Waals surface area (Å²) < 4.78 is 14.0. The summed E-state index contributed by atoms with van der Waals surface area (Å²) in [6.45, 7) is 0. The molecule has 0 bridgehead atoms. The number of hydrogen-bond donors (Lipinski definition) is 0. The molecule has 9 aromatic rings. The van der Waals surface area contributed by atoms with E-state index in [1.165, 1.54) is 22.3 Å². The summed E-state index contributed by atoms with van der Waals surface area (Å²) in [5.41, 5.74) is 14.8. The van der Waals surface area contributed by atoms with Crippen LogP contribution in [0, 0.1) is 0 Å². The Kier molecular flexibility index (Phi) is 8.82. The zero-order valence-corrected chi connectivity index (χ0v) is 34.4. The van der Waals surface area contributed by atoms with Crippen molar-refractivity contribution in [3.8, 4) is 67.7 Å². The molecule has 1 unspecified atom stereocenters. The van der Waals surface area contributed by atoms with Gasteiger partial charge in [0.25, 0.3) is 0 Å². The molecule has 0 fully saturated rings. The van der Waals surface area contributed by atoms with Gasteiger partial charge in [0.1, 0.15) is 5.76 Å². The van der Waals surface area contributed by atoms with Crippen LogP contribution in [0.5, 0.6) is 11.5 Å². The second-order valence-electron chi connectivity index (χ2n) is 16.3. The fourth-order valence-corrected chi connectivity index (χ4v) is 10.0. The van der Waals surface area contributed by atoms with E-state index in [1.807, 2.05) is 18.2 Å². The first kappa shape index (κ1) is 36.7. The van der Waals surface area contributed by atoms with Gasteiger partial charge in [-0.2, -0.15) is 0 Å². The third-order valence-electron chi connectivity index (χ3n) is 12.8. The Morgan fingerprint density at radius 3 is 1.71 bits per heavy atom. The van der Waals surface area contributed by atoms with Crippen molar-refractivity contribution in [1.82, 2.24) is 9.97 Å². The molecular formula is C59H40N2O2. The van der Waals surface area contributed by atoms with Crippen molar-refractivity contribution in [2.24, 2.45) is 0 Å². The Bertz CT molecular complexity index is 3210. The minimum atomic E-state index is -0.536. The van der Waals surface area contributed by atoms with Gasteiger partial charge in [-0.25, -0.2) is 9.97 Å². The normalized spacial score (nSPS) is 15.3. The molecule has 0 amide bonds. The van der Waals surface area contributed by atoms with Crippen molar-refractivity contribution in [2.75, 3.05) is 0 Å². The first-order chi connectivity index (χ1) is 31.2. The second-order valence-corrected chi connectivity index (χ2v) is 16.3. The maximum absolute atomic E-state index is 7.18. The average Bonchev–Trinajstić information content (AvgIpc) is 3.68. The van der Waals surface area contributed by atoms with E-state index in [0.29, 0.717) is 12.2 Å². The predicted molar refractivity (Wildman–Crippen MR) is 252 cm³/mol. The zero-order valence-electron chi connectivity index (χ0n) is 34.4. The zero-order chi connectivity index (χ0) is 41.7. The van der Waals surface area contributed by atoms with Crippen LogP contribution < -0.4 is 9.47 Å². The van der Waals surface area contributed by atoms with Gasteiger partial charge < -0.3 is 9.47 Å². The van der Waals surface area contributed by atoms with Gasteiger partial charge in [0, 0.05) is 34.6 Å². The number of fused-ring (bicyclic) bond motifs is 5. The molecule has 298 valence electrons. The van der Waals surface area contributed by atoms with Crippen molar-refractivity contribution in [1.29, 1.82) is 0 Å². The average molecular weight is 809 g/mol. The van der Waals surface area contributed by atoms with Crippen molar-refractivity contribution in [2.45, 2.75) is 17.8 Å². The van der Waals surface area contributed by atoms with Crippen LogP contribution in [0.15, 0.2) is 236 Å². The van der Waals surface area contributed by atoms with E-state index in [1.54, 1.807) is 0 Å². The Hall–Kier alpha value is -8.08. The lowest BCUT2D eigenvalue weighted by Crippen LogP contribution is -2.28. The van der Waals surface area contributed by atoms with Gasteiger partial charge in [-0.15, -0.1) is 0 Å². The first-order valence-corrected chi connectivity index (χ1v) is 21.6. The van der Waals surface area contributed by atoms with E-state index >= 15 is 0 Å². The summed E-state index contributed by atoms with van der Waals surface area (Å²) in [6, 6.07) is 74.8. The minimum absolute atomic E-state index is 0.00271. The predicted octanol–water partition coefficient (Wildman–Crippen LogP) is 14.2. The molecule has 0 N–H and O–H groups in total. The lowest BCUT2D eigenvalue weighted by atomic mass is 9.68. The fourth-order valence-electron chi connectivity index (χ4n) is 10.0. The van der Waals surface area contributed by atoms with E-state index in [-0.39, 0.29) is 5.92 Å². The van der Waals surface area contributed by atoms with Crippen LogP contribution in [0.3, 0.4) is 0 Å². The quantitative estimate of drug-likeness (QED) is 0.161. The molecule has 1 atom stereocenters. The summed E-state index contributed by atoms with van der Waals surface area (Å²) in [5.74, 6) is 3.73. The first-order valence-electron chi connectivity index (χ1n) is 21.6. The summed E-state index contributed by atoms with van der Waals surface area (Å²) in [7, 11) is 0. The standard InChI is InChI=1S/C59H40N2O2/c1-5-19-39(20-6-1)44-27-13-15-29-46(44)51-38-52(61-58(60-51)40-21-7-2-8-22-40)47-30-16-14-28-45(47)41-33-35-53-55(37-41)63-57-54(62-53)36-34-50-56(57)48-31-17-18-32-49(48)59(50,42-23-9-3-10-24-42)43-25-11-4-12-26-43/h1-36,38,41H,37H2. The van der Waals surface area contributed by atoms with Gasteiger partial charge in [0.05, 0.1) is 16.8 Å². The molecule has 1 aliphatic heterocycles. The molecule has 4 nitrogen and oxygen atoms in total. The maximum atomic E-state index is 7.18. The lowest BCUT2D eigenvalue weighted by Gasteiger charge is -2.34. The molecule has 0 spiro atoms. The SMILES string of the molecule is C1=CC(c2ccccc2-c2cc(-c3ccccc3-c3ccccc3)nc(-c3ccccc3)n2)CC2=C1Oc1ccc3c(c1O2)-c1ccccc1C3(c1ccccc1)c1ccccc1. The molecule has 0 radical (unpaired) electrons. The minimum Gasteiger partial charge on any atom is -0.453 e. The highest BCUT2D eigenvalue weighted by Gasteiger charge is 2.48. The Balaban J connectivity index is 0.949. The van der Waals surface area contributed by atoms with Gasteiger partial charge in [0.15, 0.2) is 23.1 Å². The number of rotatable bonds is 7. The maximum Gasteiger partial charge on any atom is 0.177 e. The number of ether oxygens (including phenoxy) is 2. The van der Waals surface area contributed by atoms with E-state index in [4.69, 9.17) is 19.4 Å². The molecule has 2 aliphatic carbocycles. The fraction of sp³-hybridized carbons (Fsp3) is 0.0508. The van der Waals surface area contributed by atoms with Crippen LogP contribution >= 0.6 is 0 Å². The van der Waals surface area contributed by atoms with E-state index in [2.05, 4.69) is 206 Å². The van der Waals surface area contributed by atoms with Crippen LogP contribution in [0.2, 0.25) is 0 Å². The largest absolute Gasteiger partial charge is 0.453 e. The molecule has 0 saturated heterocycles. The molecule has 2 heterocycles. The Morgan fingerprint density at radius 2 is 1.02 bits per heavy atom. The number of allylic oxidation sites excluding steroid dienone is 3. The monoisotopic (exact) mass is 808 g/mol. The molecular weight excluding hydrogens is 769 g/mol. The van der Waals surface area contributed by atoms with Crippen LogP contribution in [0.4, 0.5) is 0 Å². The molecule has 4 heteroatoms. The highest BCUT2D eigenvalue weighted by Crippen LogP contribution is 2.61. The number of nitrogens with zero attached hydrogens (tertiary/aromatic N) is 2. The van der Waals surface area contributed by atoms with Gasteiger partial charge in [-0.3, -0.25) is 0 Å². The van der Waals surface area contributed by atoms with Crippen molar-refractivity contribution in [3.63, 3.8) is 0 Å². The summed E-state index contributed by atoms with van der Waals surface area (Å²) in [4.78, 5) is 10.5. The molecule has 12 rings (SSSR count). The van der Waals surface area contributed by atoms with E-state index < -0.39 is 5.41 Å². The van der Waals surface area contributed by atoms with Gasteiger partial charge in [0.2, 0.25) is 0 Å². The topological polar surface area (TPSA) is 44.2 Å². The smallest absolute Gasteiger partial charge is 0.177 e. The van der Waals surface area contributed by atoms with Crippen LogP contribution in [0.25, 0.3) is 56.2 Å². The van der Waals surface area contributed by atoms with Gasteiger partial charge >= 0.3 is 0 Å². The number of hydrogen-bond acceptors (Lipinski definition) is 4. The highest BCUT2D eigenvalue weighted by atomic mass is 16.6. The molecule has 0 saturated carbocycles.